The van der Waals surface area contributed by atoms with Crippen molar-refractivity contribution in [2.45, 2.75) is 26.2 Å². The van der Waals surface area contributed by atoms with Crippen LogP contribution >= 0.6 is 0 Å². The van der Waals surface area contributed by atoms with E-state index >= 15 is 4.39 Å². The van der Waals surface area contributed by atoms with Crippen LogP contribution in [0.2, 0.25) is 0 Å². The van der Waals surface area contributed by atoms with E-state index < -0.39 is 11.6 Å². The van der Waals surface area contributed by atoms with Gasteiger partial charge in [-0.2, -0.15) is 10.4 Å². The first kappa shape index (κ1) is 23.2. The Morgan fingerprint density at radius 1 is 1.09 bits per heavy atom. The zero-order valence-corrected chi connectivity index (χ0v) is 19.8. The molecule has 2 unspecified atom stereocenters. The van der Waals surface area contributed by atoms with Crippen molar-refractivity contribution < 1.29 is 13.6 Å². The highest BCUT2D eigenvalue weighted by atomic mass is 19.1. The number of nitrogens with zero attached hydrogens (tertiary/aromatic N) is 4. The van der Waals surface area contributed by atoms with E-state index in [1.165, 1.54) is 22.9 Å². The molecule has 6 nitrogen and oxygen atoms in total. The van der Waals surface area contributed by atoms with Crippen LogP contribution in [0.15, 0.2) is 42.5 Å². The van der Waals surface area contributed by atoms with Crippen LogP contribution in [-0.4, -0.2) is 46.8 Å². The van der Waals surface area contributed by atoms with Crippen molar-refractivity contribution in [2.24, 2.45) is 11.8 Å². The van der Waals surface area contributed by atoms with Gasteiger partial charge >= 0.3 is 0 Å². The smallest absolute Gasteiger partial charge is 0.274 e. The molecule has 180 valence electrons. The molecule has 0 radical (unpaired) electrons. The van der Waals surface area contributed by atoms with Crippen molar-refractivity contribution in [2.75, 3.05) is 26.2 Å². The molecule has 2 aliphatic heterocycles. The van der Waals surface area contributed by atoms with Gasteiger partial charge in [0.1, 0.15) is 23.4 Å². The fourth-order valence-electron chi connectivity index (χ4n) is 5.13. The second kappa shape index (κ2) is 9.23. The van der Waals surface area contributed by atoms with Crippen LogP contribution in [0.3, 0.4) is 0 Å². The molecule has 3 aromatic rings. The van der Waals surface area contributed by atoms with Crippen molar-refractivity contribution in [3.05, 3.63) is 70.9 Å². The average Bonchev–Trinajstić information content (AvgIpc) is 3.28. The van der Waals surface area contributed by atoms with Gasteiger partial charge in [-0.15, -0.1) is 0 Å². The number of fused-ring (bicyclic) bond motifs is 2. The summed E-state index contributed by atoms with van der Waals surface area (Å²) in [5.41, 5.74) is 1.90. The molecule has 2 aromatic carbocycles. The zero-order chi connectivity index (χ0) is 24.7. The number of amides is 1. The van der Waals surface area contributed by atoms with Crippen LogP contribution in [0.5, 0.6) is 0 Å². The van der Waals surface area contributed by atoms with E-state index in [1.807, 2.05) is 30.9 Å². The third-order valence-electron chi connectivity index (χ3n) is 6.96. The number of hydrogen-bond donors (Lipinski definition) is 1. The van der Waals surface area contributed by atoms with Gasteiger partial charge in [0, 0.05) is 18.7 Å². The van der Waals surface area contributed by atoms with Gasteiger partial charge in [0.05, 0.1) is 11.3 Å². The lowest BCUT2D eigenvalue weighted by Gasteiger charge is -2.41. The van der Waals surface area contributed by atoms with Crippen molar-refractivity contribution >= 4 is 5.91 Å². The van der Waals surface area contributed by atoms with E-state index in [4.69, 9.17) is 5.26 Å². The van der Waals surface area contributed by atoms with E-state index in [-0.39, 0.29) is 28.8 Å². The Morgan fingerprint density at radius 3 is 2.46 bits per heavy atom. The minimum absolute atomic E-state index is 0.0861. The van der Waals surface area contributed by atoms with Gasteiger partial charge in [0.2, 0.25) is 0 Å². The summed E-state index contributed by atoms with van der Waals surface area (Å²) in [4.78, 5) is 15.3. The SMILES string of the molecule is CC(C)c1ccc(-n2nc(C(=O)N3CC4CNCC(C4)C3)cc2-c2ccc(C#N)c(F)c2)c(F)c1. The summed E-state index contributed by atoms with van der Waals surface area (Å²) in [5.74, 6) is -0.420. The lowest BCUT2D eigenvalue weighted by atomic mass is 9.86. The van der Waals surface area contributed by atoms with Crippen LogP contribution < -0.4 is 5.32 Å². The first-order valence-electron chi connectivity index (χ1n) is 11.9. The number of rotatable bonds is 4. The summed E-state index contributed by atoms with van der Waals surface area (Å²) in [6.07, 6.45) is 1.11. The maximum absolute atomic E-state index is 15.2. The number of nitrogens with one attached hydrogen (secondary N) is 1. The lowest BCUT2D eigenvalue weighted by Crippen LogP contribution is -2.52. The Balaban J connectivity index is 1.58. The molecule has 35 heavy (non-hydrogen) atoms. The molecule has 2 saturated heterocycles. The molecule has 2 fully saturated rings. The quantitative estimate of drug-likeness (QED) is 0.603. The van der Waals surface area contributed by atoms with Crippen LogP contribution in [0.1, 0.15) is 47.8 Å². The summed E-state index contributed by atoms with van der Waals surface area (Å²) in [7, 11) is 0. The van der Waals surface area contributed by atoms with Gasteiger partial charge in [-0.25, -0.2) is 13.5 Å². The highest BCUT2D eigenvalue weighted by Crippen LogP contribution is 2.30. The Labute approximate surface area is 203 Å². The molecule has 5 rings (SSSR count). The van der Waals surface area contributed by atoms with Gasteiger partial charge in [-0.05, 0) is 73.2 Å². The standard InChI is InChI=1S/C27H27F2N5O/c1-16(2)19-5-6-25(23(29)8-19)34-26(20-3-4-21(11-30)22(28)9-20)10-24(32-34)27(35)33-14-17-7-18(15-33)13-31-12-17/h3-6,8-10,16-18,31H,7,12-15H2,1-2H3. The van der Waals surface area contributed by atoms with Gasteiger partial charge < -0.3 is 10.2 Å². The number of aromatic nitrogens is 2. The molecule has 2 bridgehead atoms. The van der Waals surface area contributed by atoms with Gasteiger partial charge in [0.15, 0.2) is 5.69 Å². The molecule has 2 atom stereocenters. The van der Waals surface area contributed by atoms with E-state index in [2.05, 4.69) is 10.4 Å². The van der Waals surface area contributed by atoms with Crippen molar-refractivity contribution in [3.8, 4) is 23.0 Å². The third-order valence-corrected chi connectivity index (χ3v) is 6.96. The monoisotopic (exact) mass is 475 g/mol. The number of benzene rings is 2. The maximum Gasteiger partial charge on any atom is 0.274 e. The molecule has 0 saturated carbocycles. The van der Waals surface area contributed by atoms with Crippen molar-refractivity contribution in [1.82, 2.24) is 20.0 Å². The molecule has 8 heteroatoms. The Bertz CT molecular complexity index is 1310. The maximum atomic E-state index is 15.2. The van der Waals surface area contributed by atoms with Crippen LogP contribution in [0, 0.1) is 34.8 Å². The molecule has 0 aliphatic carbocycles. The average molecular weight is 476 g/mol. The minimum Gasteiger partial charge on any atom is -0.337 e. The summed E-state index contributed by atoms with van der Waals surface area (Å²) < 4.78 is 31.1. The number of halogens is 2. The Morgan fingerprint density at radius 2 is 1.83 bits per heavy atom. The van der Waals surface area contributed by atoms with Gasteiger partial charge in [-0.1, -0.05) is 26.0 Å². The topological polar surface area (TPSA) is 74.0 Å². The van der Waals surface area contributed by atoms with Gasteiger partial charge in [-0.3, -0.25) is 4.79 Å². The fourth-order valence-corrected chi connectivity index (χ4v) is 5.13. The number of nitriles is 1. The Kier molecular flexibility index (Phi) is 6.12. The number of likely N-dealkylation sites (tertiary alicyclic amines) is 1. The van der Waals surface area contributed by atoms with Crippen molar-refractivity contribution in [3.63, 3.8) is 0 Å². The second-order valence-electron chi connectivity index (χ2n) is 9.83. The predicted molar refractivity (Wildman–Crippen MR) is 128 cm³/mol. The highest BCUT2D eigenvalue weighted by molar-refractivity contribution is 5.93. The predicted octanol–water partition coefficient (Wildman–Crippen LogP) is 4.49. The van der Waals surface area contributed by atoms with E-state index in [0.29, 0.717) is 36.2 Å². The first-order chi connectivity index (χ1) is 16.8. The fraction of sp³-hybridized carbons (Fsp3) is 0.370. The zero-order valence-electron chi connectivity index (χ0n) is 19.8. The normalized spacial score (nSPS) is 19.6. The van der Waals surface area contributed by atoms with Crippen LogP contribution in [-0.2, 0) is 0 Å². The summed E-state index contributed by atoms with van der Waals surface area (Å²) >= 11 is 0. The van der Waals surface area contributed by atoms with E-state index in [9.17, 15) is 9.18 Å². The number of carbonyl (C=O) groups is 1. The molecule has 3 heterocycles. The Hall–Kier alpha value is -3.57. The molecular formula is C27H27F2N5O. The number of hydrogen-bond acceptors (Lipinski definition) is 4. The van der Waals surface area contributed by atoms with Gasteiger partial charge in [0.25, 0.3) is 5.91 Å². The summed E-state index contributed by atoms with van der Waals surface area (Å²) in [5, 5.41) is 17.0. The molecule has 2 aliphatic rings. The third kappa shape index (κ3) is 4.44. The largest absolute Gasteiger partial charge is 0.337 e. The molecule has 0 spiro atoms. The minimum atomic E-state index is -0.683. The molecular weight excluding hydrogens is 448 g/mol. The van der Waals surface area contributed by atoms with Crippen molar-refractivity contribution in [1.29, 1.82) is 5.26 Å². The highest BCUT2D eigenvalue weighted by Gasteiger charge is 2.34. The van der Waals surface area contributed by atoms with Crippen LogP contribution in [0.25, 0.3) is 16.9 Å². The summed E-state index contributed by atoms with van der Waals surface area (Å²) in [6.45, 7) is 7.03. The molecule has 1 aromatic heterocycles. The number of piperidine rings is 2. The number of carbonyl (C=O) groups excluding carboxylic acids is 1. The summed E-state index contributed by atoms with van der Waals surface area (Å²) in [6, 6.07) is 12.5. The lowest BCUT2D eigenvalue weighted by molar-refractivity contribution is 0.0531. The van der Waals surface area contributed by atoms with E-state index in [0.717, 1.165) is 25.1 Å². The molecule has 1 amide bonds. The van der Waals surface area contributed by atoms with E-state index in [1.54, 1.807) is 18.2 Å². The first-order valence-corrected chi connectivity index (χ1v) is 11.9. The molecule has 1 N–H and O–H groups in total. The van der Waals surface area contributed by atoms with Crippen LogP contribution in [0.4, 0.5) is 8.78 Å². The second-order valence-corrected chi connectivity index (χ2v) is 9.83.